The lowest BCUT2D eigenvalue weighted by atomic mass is 10.1. The molecule has 134 valence electrons. The van der Waals surface area contributed by atoms with Gasteiger partial charge in [0.2, 0.25) is 0 Å². The number of benzene rings is 1. The summed E-state index contributed by atoms with van der Waals surface area (Å²) < 4.78 is 16.1. The van der Waals surface area contributed by atoms with Gasteiger partial charge in [0.1, 0.15) is 11.5 Å². The molecule has 27 heavy (non-hydrogen) atoms. The van der Waals surface area contributed by atoms with Crippen molar-refractivity contribution < 1.29 is 4.39 Å². The normalized spacial score (nSPS) is 14.0. The maximum absolute atomic E-state index is 14.1. The molecule has 1 aromatic carbocycles. The Balaban J connectivity index is 1.61. The van der Waals surface area contributed by atoms with Crippen LogP contribution in [0.5, 0.6) is 0 Å². The zero-order valence-electron chi connectivity index (χ0n) is 14.8. The van der Waals surface area contributed by atoms with E-state index in [-0.39, 0.29) is 5.82 Å². The highest BCUT2D eigenvalue weighted by atomic mass is 19.1. The first kappa shape index (κ1) is 16.0. The van der Waals surface area contributed by atoms with Gasteiger partial charge in [0, 0.05) is 40.8 Å². The maximum Gasteiger partial charge on any atom is 0.140 e. The fourth-order valence-electron chi connectivity index (χ4n) is 3.62. The molecule has 0 saturated heterocycles. The molecule has 0 radical (unpaired) electrons. The van der Waals surface area contributed by atoms with E-state index in [0.29, 0.717) is 18.0 Å². The largest absolute Gasteiger partial charge is 0.398 e. The van der Waals surface area contributed by atoms with Crippen LogP contribution in [0.25, 0.3) is 22.3 Å². The minimum absolute atomic E-state index is 0.215. The van der Waals surface area contributed by atoms with E-state index in [4.69, 9.17) is 5.73 Å². The van der Waals surface area contributed by atoms with Gasteiger partial charge < -0.3 is 10.3 Å². The summed E-state index contributed by atoms with van der Waals surface area (Å²) in [4.78, 5) is 9.18. The van der Waals surface area contributed by atoms with E-state index in [2.05, 4.69) is 9.97 Å². The molecule has 1 aliphatic rings. The molecule has 4 aromatic rings. The highest BCUT2D eigenvalue weighted by Crippen LogP contribution is 2.43. The van der Waals surface area contributed by atoms with Crippen molar-refractivity contribution in [3.63, 3.8) is 0 Å². The van der Waals surface area contributed by atoms with Crippen molar-refractivity contribution in [2.45, 2.75) is 25.3 Å². The monoisotopic (exact) mass is 358 g/mol. The Hall–Kier alpha value is -3.21. The van der Waals surface area contributed by atoms with Gasteiger partial charge in [-0.25, -0.2) is 9.37 Å². The van der Waals surface area contributed by atoms with Gasteiger partial charge in [-0.1, -0.05) is 18.2 Å². The zero-order chi connectivity index (χ0) is 18.4. The van der Waals surface area contributed by atoms with Crippen LogP contribution in [-0.4, -0.2) is 14.5 Å². The second-order valence-corrected chi connectivity index (χ2v) is 7.11. The average Bonchev–Trinajstić information content (AvgIpc) is 3.46. The van der Waals surface area contributed by atoms with Gasteiger partial charge in [-0.3, -0.25) is 4.98 Å². The van der Waals surface area contributed by atoms with Crippen LogP contribution >= 0.6 is 0 Å². The van der Waals surface area contributed by atoms with E-state index in [1.807, 2.05) is 41.2 Å². The molecule has 4 nitrogen and oxygen atoms in total. The minimum atomic E-state index is -0.215. The number of nitrogens with two attached hydrogens (primary N) is 1. The third-order valence-electron chi connectivity index (χ3n) is 5.19. The molecule has 0 atom stereocenters. The summed E-state index contributed by atoms with van der Waals surface area (Å²) in [5, 5.41) is 0.986. The molecule has 1 aliphatic carbocycles. The summed E-state index contributed by atoms with van der Waals surface area (Å²) in [6, 6.07) is 12.7. The number of halogens is 1. The lowest BCUT2D eigenvalue weighted by molar-refractivity contribution is 0.601. The molecule has 5 heteroatoms. The molecule has 1 fully saturated rings. The molecule has 0 bridgehead atoms. The first-order chi connectivity index (χ1) is 13.2. The second-order valence-electron chi connectivity index (χ2n) is 7.11. The van der Waals surface area contributed by atoms with Gasteiger partial charge in [0.05, 0.1) is 12.2 Å². The van der Waals surface area contributed by atoms with Crippen molar-refractivity contribution in [2.24, 2.45) is 0 Å². The number of hydrogen-bond donors (Lipinski definition) is 1. The number of anilines is 1. The van der Waals surface area contributed by atoms with Gasteiger partial charge in [-0.15, -0.1) is 0 Å². The maximum atomic E-state index is 14.1. The van der Waals surface area contributed by atoms with Crippen LogP contribution < -0.4 is 5.73 Å². The number of rotatable bonds is 4. The van der Waals surface area contributed by atoms with Gasteiger partial charge in [-0.05, 0) is 48.6 Å². The molecule has 0 spiro atoms. The summed E-state index contributed by atoms with van der Waals surface area (Å²) in [5.41, 5.74) is 11.4. The summed E-state index contributed by atoms with van der Waals surface area (Å²) in [6.45, 7) is 0.413. The van der Waals surface area contributed by atoms with E-state index in [1.165, 1.54) is 18.9 Å². The van der Waals surface area contributed by atoms with Gasteiger partial charge in [0.25, 0.3) is 0 Å². The van der Waals surface area contributed by atoms with Crippen LogP contribution in [-0.2, 0) is 6.54 Å². The molecule has 1 saturated carbocycles. The molecular weight excluding hydrogens is 339 g/mol. The summed E-state index contributed by atoms with van der Waals surface area (Å²) in [7, 11) is 0. The molecule has 0 unspecified atom stereocenters. The Labute approximate surface area is 156 Å². The van der Waals surface area contributed by atoms with Crippen molar-refractivity contribution in [3.8, 4) is 11.3 Å². The Morgan fingerprint density at radius 1 is 1.11 bits per heavy atom. The number of nitrogen functional groups attached to an aromatic ring is 1. The van der Waals surface area contributed by atoms with Crippen LogP contribution in [0, 0.1) is 5.82 Å². The topological polar surface area (TPSA) is 56.7 Å². The zero-order valence-corrected chi connectivity index (χ0v) is 14.8. The van der Waals surface area contributed by atoms with Crippen molar-refractivity contribution >= 4 is 16.7 Å². The molecule has 3 aromatic heterocycles. The third kappa shape index (κ3) is 2.85. The fourth-order valence-corrected chi connectivity index (χ4v) is 3.62. The predicted octanol–water partition coefficient (Wildman–Crippen LogP) is 4.75. The van der Waals surface area contributed by atoms with Crippen molar-refractivity contribution in [2.75, 3.05) is 5.73 Å². The lowest BCUT2D eigenvalue weighted by Gasteiger charge is -2.06. The summed E-state index contributed by atoms with van der Waals surface area (Å²) in [5.74, 6) is 0.351. The molecule has 0 aliphatic heterocycles. The Kier molecular flexibility index (Phi) is 3.67. The number of fused-ring (bicyclic) bond motifs is 1. The van der Waals surface area contributed by atoms with Crippen LogP contribution in [0.2, 0.25) is 0 Å². The fraction of sp³-hybridized carbons (Fsp3) is 0.182. The molecular formula is C22H19FN4. The van der Waals surface area contributed by atoms with Crippen molar-refractivity contribution in [3.05, 3.63) is 78.0 Å². The quantitative estimate of drug-likeness (QED) is 0.573. The highest BCUT2D eigenvalue weighted by molar-refractivity contribution is 5.93. The smallest absolute Gasteiger partial charge is 0.140 e. The van der Waals surface area contributed by atoms with E-state index in [0.717, 1.165) is 33.5 Å². The molecule has 0 amide bonds. The standard InChI is InChI=1S/C22H19FN4/c23-19-6-2-1-4-15(19)12-27-13-18(16-5-3-9-25-22(16)27)21-10-20(24)17(11-26-21)14-7-8-14/h1-6,9-11,13-14H,7-8,12H2,(H2,24,26). The van der Waals surface area contributed by atoms with E-state index < -0.39 is 0 Å². The minimum Gasteiger partial charge on any atom is -0.398 e. The average molecular weight is 358 g/mol. The van der Waals surface area contributed by atoms with Crippen LogP contribution in [0.4, 0.5) is 10.1 Å². The predicted molar refractivity (Wildman–Crippen MR) is 105 cm³/mol. The van der Waals surface area contributed by atoms with Crippen LogP contribution in [0.1, 0.15) is 29.9 Å². The first-order valence-electron chi connectivity index (χ1n) is 9.14. The summed E-state index contributed by atoms with van der Waals surface area (Å²) in [6.07, 6.45) is 8.03. The third-order valence-corrected chi connectivity index (χ3v) is 5.19. The Morgan fingerprint density at radius 2 is 1.96 bits per heavy atom. The van der Waals surface area contributed by atoms with Gasteiger partial charge >= 0.3 is 0 Å². The van der Waals surface area contributed by atoms with Crippen LogP contribution in [0.3, 0.4) is 0 Å². The highest BCUT2D eigenvalue weighted by Gasteiger charge is 2.26. The Morgan fingerprint density at radius 3 is 2.74 bits per heavy atom. The van der Waals surface area contributed by atoms with Crippen molar-refractivity contribution in [1.29, 1.82) is 0 Å². The van der Waals surface area contributed by atoms with E-state index >= 15 is 0 Å². The van der Waals surface area contributed by atoms with Gasteiger partial charge in [-0.2, -0.15) is 0 Å². The second kappa shape index (κ2) is 6.20. The van der Waals surface area contributed by atoms with E-state index in [9.17, 15) is 4.39 Å². The van der Waals surface area contributed by atoms with Gasteiger partial charge in [0.15, 0.2) is 0 Å². The van der Waals surface area contributed by atoms with E-state index in [1.54, 1.807) is 18.3 Å². The number of nitrogens with zero attached hydrogens (tertiary/aromatic N) is 3. The number of pyridine rings is 2. The summed E-state index contributed by atoms with van der Waals surface area (Å²) >= 11 is 0. The SMILES string of the molecule is Nc1cc(-c2cn(Cc3ccccc3F)c3ncccc23)ncc1C1CC1. The molecule has 3 heterocycles. The Bertz CT molecular complexity index is 1140. The molecule has 2 N–H and O–H groups in total. The lowest BCUT2D eigenvalue weighted by Crippen LogP contribution is -2.01. The first-order valence-corrected chi connectivity index (χ1v) is 9.14. The van der Waals surface area contributed by atoms with Crippen LogP contribution in [0.15, 0.2) is 61.1 Å². The van der Waals surface area contributed by atoms with Crippen molar-refractivity contribution in [1.82, 2.24) is 14.5 Å². The number of hydrogen-bond acceptors (Lipinski definition) is 3. The number of aromatic nitrogens is 3. The molecule has 5 rings (SSSR count).